The molecule has 3 aromatic rings. The van der Waals surface area contributed by atoms with Gasteiger partial charge in [0.2, 0.25) is 0 Å². The maximum atomic E-state index is 12.0. The van der Waals surface area contributed by atoms with Crippen molar-refractivity contribution in [3.63, 3.8) is 0 Å². The third-order valence-corrected chi connectivity index (χ3v) is 4.39. The predicted molar refractivity (Wildman–Crippen MR) is 111 cm³/mol. The summed E-state index contributed by atoms with van der Waals surface area (Å²) in [6, 6.07) is 22.9. The third-order valence-electron chi connectivity index (χ3n) is 3.86. The van der Waals surface area contributed by atoms with Crippen LogP contribution in [-0.2, 0) is 6.61 Å². The zero-order valence-corrected chi connectivity index (χ0v) is 16.4. The number of carbonyl (C=O) groups excluding carboxylic acids is 1. The topological polar surface area (TPSA) is 50.7 Å². The minimum atomic E-state index is -0.232. The molecular formula is C22H19BrN2O2. The Labute approximate surface area is 167 Å². The number of nitrogens with zero attached hydrogens (tertiary/aromatic N) is 1. The van der Waals surface area contributed by atoms with E-state index in [1.54, 1.807) is 12.3 Å². The number of benzene rings is 3. The van der Waals surface area contributed by atoms with Gasteiger partial charge in [0.15, 0.2) is 0 Å². The summed E-state index contributed by atoms with van der Waals surface area (Å²) in [6.07, 6.45) is 1.60. The lowest BCUT2D eigenvalue weighted by atomic mass is 10.1. The lowest BCUT2D eigenvalue weighted by molar-refractivity contribution is 0.0955. The Morgan fingerprint density at radius 2 is 1.81 bits per heavy atom. The van der Waals surface area contributed by atoms with Crippen LogP contribution in [0.3, 0.4) is 0 Å². The largest absolute Gasteiger partial charge is 0.489 e. The number of amides is 1. The summed E-state index contributed by atoms with van der Waals surface area (Å²) in [5.41, 5.74) is 6.13. The number of nitrogens with one attached hydrogen (secondary N) is 1. The molecular weight excluding hydrogens is 404 g/mol. The van der Waals surface area contributed by atoms with E-state index in [4.69, 9.17) is 4.74 Å². The maximum absolute atomic E-state index is 12.0. The second-order valence-corrected chi connectivity index (χ2v) is 6.97. The van der Waals surface area contributed by atoms with Gasteiger partial charge in [-0.2, -0.15) is 5.10 Å². The first-order chi connectivity index (χ1) is 13.1. The Hall–Kier alpha value is -2.92. The molecule has 3 rings (SSSR count). The number of carbonyl (C=O) groups is 1. The van der Waals surface area contributed by atoms with Gasteiger partial charge in [-0.3, -0.25) is 4.79 Å². The second kappa shape index (κ2) is 9.14. The molecule has 0 heterocycles. The Kier molecular flexibility index (Phi) is 6.39. The number of hydrazone groups is 1. The van der Waals surface area contributed by atoms with E-state index in [9.17, 15) is 4.79 Å². The molecule has 4 nitrogen and oxygen atoms in total. The van der Waals surface area contributed by atoms with Crippen LogP contribution in [0.15, 0.2) is 82.4 Å². The van der Waals surface area contributed by atoms with Gasteiger partial charge in [-0.15, -0.1) is 0 Å². The summed E-state index contributed by atoms with van der Waals surface area (Å²) in [6.45, 7) is 2.45. The molecule has 5 heteroatoms. The molecule has 3 aromatic carbocycles. The van der Waals surface area contributed by atoms with E-state index in [1.165, 1.54) is 0 Å². The van der Waals surface area contributed by atoms with E-state index in [1.807, 2.05) is 73.7 Å². The van der Waals surface area contributed by atoms with Crippen molar-refractivity contribution >= 4 is 28.1 Å². The van der Waals surface area contributed by atoms with Crippen LogP contribution in [0.2, 0.25) is 0 Å². The predicted octanol–water partition coefficient (Wildman–Crippen LogP) is 5.10. The minimum Gasteiger partial charge on any atom is -0.489 e. The Balaban J connectivity index is 1.51. The normalized spacial score (nSPS) is 10.7. The van der Waals surface area contributed by atoms with Gasteiger partial charge in [-0.05, 0) is 66.6 Å². The molecule has 27 heavy (non-hydrogen) atoms. The van der Waals surface area contributed by atoms with Crippen LogP contribution in [0.25, 0.3) is 0 Å². The highest BCUT2D eigenvalue weighted by Gasteiger charge is 2.03. The molecule has 0 aliphatic rings. The highest BCUT2D eigenvalue weighted by molar-refractivity contribution is 9.10. The van der Waals surface area contributed by atoms with Crippen LogP contribution in [0.1, 0.15) is 27.0 Å². The smallest absolute Gasteiger partial charge is 0.271 e. The SMILES string of the molecule is Cc1cccc(C(=O)NN=Cc2ccc(OCc3ccc(Br)cc3)cc2)c1. The fourth-order valence-corrected chi connectivity index (χ4v) is 2.68. The number of hydrogen-bond donors (Lipinski definition) is 1. The summed E-state index contributed by atoms with van der Waals surface area (Å²) < 4.78 is 6.81. The van der Waals surface area contributed by atoms with E-state index in [2.05, 4.69) is 26.5 Å². The van der Waals surface area contributed by atoms with Gasteiger partial charge in [0, 0.05) is 10.0 Å². The molecule has 0 radical (unpaired) electrons. The molecule has 136 valence electrons. The number of aryl methyl sites for hydroxylation is 1. The van der Waals surface area contributed by atoms with Crippen LogP contribution >= 0.6 is 15.9 Å². The summed E-state index contributed by atoms with van der Waals surface area (Å²) in [7, 11) is 0. The quantitative estimate of drug-likeness (QED) is 0.443. The lowest BCUT2D eigenvalue weighted by Crippen LogP contribution is -2.17. The van der Waals surface area contributed by atoms with Crippen molar-refractivity contribution in [1.82, 2.24) is 5.43 Å². The van der Waals surface area contributed by atoms with E-state index in [-0.39, 0.29) is 5.91 Å². The molecule has 0 spiro atoms. The van der Waals surface area contributed by atoms with Crippen molar-refractivity contribution in [2.45, 2.75) is 13.5 Å². The molecule has 1 amide bonds. The summed E-state index contributed by atoms with van der Waals surface area (Å²) in [4.78, 5) is 12.0. The van der Waals surface area contributed by atoms with Gasteiger partial charge < -0.3 is 4.74 Å². The second-order valence-electron chi connectivity index (χ2n) is 6.05. The van der Waals surface area contributed by atoms with Crippen molar-refractivity contribution in [3.8, 4) is 5.75 Å². The summed E-state index contributed by atoms with van der Waals surface area (Å²) >= 11 is 3.42. The van der Waals surface area contributed by atoms with E-state index >= 15 is 0 Å². The average Bonchev–Trinajstić information content (AvgIpc) is 2.68. The molecule has 1 N–H and O–H groups in total. The number of rotatable bonds is 6. The number of halogens is 1. The standard InChI is InChI=1S/C22H19BrN2O2/c1-16-3-2-4-19(13-16)22(26)25-24-14-17-7-11-21(12-8-17)27-15-18-5-9-20(23)10-6-18/h2-14H,15H2,1H3,(H,25,26). The highest BCUT2D eigenvalue weighted by Crippen LogP contribution is 2.15. The summed E-state index contributed by atoms with van der Waals surface area (Å²) in [5, 5.41) is 4.01. The van der Waals surface area contributed by atoms with Gasteiger partial charge in [0.25, 0.3) is 5.91 Å². The minimum absolute atomic E-state index is 0.232. The fraction of sp³-hybridized carbons (Fsp3) is 0.0909. The monoisotopic (exact) mass is 422 g/mol. The van der Waals surface area contributed by atoms with Crippen LogP contribution in [0.5, 0.6) is 5.75 Å². The number of ether oxygens (including phenoxy) is 1. The van der Waals surface area contributed by atoms with E-state index in [0.29, 0.717) is 12.2 Å². The molecule has 0 saturated heterocycles. The molecule has 0 fully saturated rings. The van der Waals surface area contributed by atoms with Gasteiger partial charge >= 0.3 is 0 Å². The highest BCUT2D eigenvalue weighted by atomic mass is 79.9. The van der Waals surface area contributed by atoms with Gasteiger partial charge in [0.05, 0.1) is 6.21 Å². The average molecular weight is 423 g/mol. The van der Waals surface area contributed by atoms with Crippen molar-refractivity contribution in [3.05, 3.63) is 99.5 Å². The molecule has 0 unspecified atom stereocenters. The van der Waals surface area contributed by atoms with Crippen molar-refractivity contribution in [2.24, 2.45) is 5.10 Å². The van der Waals surface area contributed by atoms with Gasteiger partial charge in [-0.25, -0.2) is 5.43 Å². The van der Waals surface area contributed by atoms with Crippen molar-refractivity contribution in [1.29, 1.82) is 0 Å². The molecule has 0 aliphatic carbocycles. The fourth-order valence-electron chi connectivity index (χ4n) is 2.41. The molecule has 0 aromatic heterocycles. The van der Waals surface area contributed by atoms with Crippen molar-refractivity contribution < 1.29 is 9.53 Å². The van der Waals surface area contributed by atoms with Crippen LogP contribution in [0.4, 0.5) is 0 Å². The first-order valence-corrected chi connectivity index (χ1v) is 9.27. The first-order valence-electron chi connectivity index (χ1n) is 8.47. The van der Waals surface area contributed by atoms with Gasteiger partial charge in [0.1, 0.15) is 12.4 Å². The van der Waals surface area contributed by atoms with Crippen LogP contribution < -0.4 is 10.2 Å². The van der Waals surface area contributed by atoms with Gasteiger partial charge in [-0.1, -0.05) is 45.8 Å². The Morgan fingerprint density at radius 1 is 1.07 bits per heavy atom. The Morgan fingerprint density at radius 3 is 2.52 bits per heavy atom. The molecule has 0 bridgehead atoms. The Bertz CT molecular complexity index is 935. The lowest BCUT2D eigenvalue weighted by Gasteiger charge is -2.06. The number of hydrogen-bond acceptors (Lipinski definition) is 3. The zero-order chi connectivity index (χ0) is 19.1. The molecule has 0 aliphatic heterocycles. The molecule has 0 atom stereocenters. The van der Waals surface area contributed by atoms with Crippen molar-refractivity contribution in [2.75, 3.05) is 0 Å². The molecule has 0 saturated carbocycles. The van der Waals surface area contributed by atoms with Crippen LogP contribution in [-0.4, -0.2) is 12.1 Å². The maximum Gasteiger partial charge on any atom is 0.271 e. The van der Waals surface area contributed by atoms with E-state index in [0.717, 1.165) is 26.9 Å². The zero-order valence-electron chi connectivity index (χ0n) is 14.9. The van der Waals surface area contributed by atoms with E-state index < -0.39 is 0 Å². The van der Waals surface area contributed by atoms with Crippen LogP contribution in [0, 0.1) is 6.92 Å². The summed E-state index contributed by atoms with van der Waals surface area (Å²) in [5.74, 6) is 0.545. The third kappa shape index (κ3) is 5.79. The first kappa shape index (κ1) is 18.9.